The summed E-state index contributed by atoms with van der Waals surface area (Å²) in [4.78, 5) is 25.8. The smallest absolute Gasteiger partial charge is 0.325 e. The summed E-state index contributed by atoms with van der Waals surface area (Å²) in [7, 11) is 1.41. The van der Waals surface area contributed by atoms with Gasteiger partial charge >= 0.3 is 6.03 Å². The van der Waals surface area contributed by atoms with E-state index in [-0.39, 0.29) is 11.4 Å². The molecule has 9 heteroatoms. The van der Waals surface area contributed by atoms with E-state index < -0.39 is 11.0 Å². The lowest BCUT2D eigenvalue weighted by atomic mass is 10.2. The molecule has 0 fully saturated rings. The van der Waals surface area contributed by atoms with E-state index in [1.165, 1.54) is 36.6 Å². The topological polar surface area (TPSA) is 106 Å². The van der Waals surface area contributed by atoms with Gasteiger partial charge in [0.15, 0.2) is 5.13 Å². The molecular formula is C11H10N4O4S. The Kier molecular flexibility index (Phi) is 4.11. The van der Waals surface area contributed by atoms with Crippen molar-refractivity contribution in [2.75, 3.05) is 17.7 Å². The van der Waals surface area contributed by atoms with Gasteiger partial charge in [0.1, 0.15) is 5.75 Å². The average molecular weight is 294 g/mol. The molecule has 0 saturated carbocycles. The van der Waals surface area contributed by atoms with Gasteiger partial charge in [-0.15, -0.1) is 11.3 Å². The van der Waals surface area contributed by atoms with E-state index in [9.17, 15) is 14.9 Å². The molecule has 0 aliphatic rings. The summed E-state index contributed by atoms with van der Waals surface area (Å²) in [6, 6.07) is 3.37. The zero-order chi connectivity index (χ0) is 14.5. The molecule has 1 aromatic carbocycles. The number of carbonyl (C=O) groups excluding carboxylic acids is 1. The maximum absolute atomic E-state index is 11.7. The first kappa shape index (κ1) is 13.7. The molecule has 0 radical (unpaired) electrons. The van der Waals surface area contributed by atoms with Crippen molar-refractivity contribution in [2.45, 2.75) is 0 Å². The number of rotatable bonds is 4. The molecule has 2 N–H and O–H groups in total. The fourth-order valence-electron chi connectivity index (χ4n) is 1.44. The highest BCUT2D eigenvalue weighted by Gasteiger charge is 2.14. The minimum absolute atomic E-state index is 0.143. The van der Waals surface area contributed by atoms with Gasteiger partial charge in [-0.1, -0.05) is 0 Å². The minimum Gasteiger partial charge on any atom is -0.495 e. The van der Waals surface area contributed by atoms with Crippen molar-refractivity contribution in [1.29, 1.82) is 0 Å². The molecule has 1 heterocycles. The Bertz CT molecular complexity index is 629. The Labute approximate surface area is 117 Å². The summed E-state index contributed by atoms with van der Waals surface area (Å²) in [5.41, 5.74) is 0.0612. The second kappa shape index (κ2) is 5.97. The van der Waals surface area contributed by atoms with Crippen LogP contribution in [0, 0.1) is 10.1 Å². The molecule has 104 valence electrons. The van der Waals surface area contributed by atoms with Crippen LogP contribution in [0.3, 0.4) is 0 Å². The minimum atomic E-state index is -0.557. The second-order valence-corrected chi connectivity index (χ2v) is 4.45. The summed E-state index contributed by atoms with van der Waals surface area (Å²) in [5.74, 6) is 0.324. The number of benzene rings is 1. The lowest BCUT2D eigenvalue weighted by Crippen LogP contribution is -2.19. The van der Waals surface area contributed by atoms with Crippen molar-refractivity contribution in [2.24, 2.45) is 0 Å². The van der Waals surface area contributed by atoms with Gasteiger partial charge in [0.2, 0.25) is 0 Å². The van der Waals surface area contributed by atoms with E-state index in [1.807, 2.05) is 0 Å². The van der Waals surface area contributed by atoms with Gasteiger partial charge in [0.05, 0.1) is 17.7 Å². The molecule has 0 bridgehead atoms. The molecule has 0 unspecified atom stereocenters. The number of nitrogens with zero attached hydrogens (tertiary/aromatic N) is 2. The third-order valence-electron chi connectivity index (χ3n) is 2.29. The number of urea groups is 1. The number of amides is 2. The summed E-state index contributed by atoms with van der Waals surface area (Å²) in [6.45, 7) is 0. The van der Waals surface area contributed by atoms with Crippen LogP contribution in [-0.4, -0.2) is 23.0 Å². The van der Waals surface area contributed by atoms with Crippen molar-refractivity contribution >= 4 is 33.9 Å². The van der Waals surface area contributed by atoms with Gasteiger partial charge in [0, 0.05) is 23.7 Å². The maximum Gasteiger partial charge on any atom is 0.325 e. The van der Waals surface area contributed by atoms with E-state index >= 15 is 0 Å². The number of ether oxygens (including phenoxy) is 1. The lowest BCUT2D eigenvalue weighted by molar-refractivity contribution is -0.384. The van der Waals surface area contributed by atoms with Crippen LogP contribution in [0.1, 0.15) is 0 Å². The van der Waals surface area contributed by atoms with Crippen LogP contribution >= 0.6 is 11.3 Å². The van der Waals surface area contributed by atoms with E-state index in [1.54, 1.807) is 11.6 Å². The quantitative estimate of drug-likeness (QED) is 0.666. The van der Waals surface area contributed by atoms with Crippen molar-refractivity contribution in [3.05, 3.63) is 39.9 Å². The molecule has 20 heavy (non-hydrogen) atoms. The first-order chi connectivity index (χ1) is 9.60. The summed E-state index contributed by atoms with van der Waals surface area (Å²) >= 11 is 1.26. The normalized spacial score (nSPS) is 9.85. The van der Waals surface area contributed by atoms with Gasteiger partial charge in [-0.3, -0.25) is 15.4 Å². The zero-order valence-corrected chi connectivity index (χ0v) is 11.1. The Morgan fingerprint density at radius 3 is 2.85 bits per heavy atom. The Morgan fingerprint density at radius 2 is 2.25 bits per heavy atom. The predicted octanol–water partition coefficient (Wildman–Crippen LogP) is 2.70. The van der Waals surface area contributed by atoms with E-state index in [2.05, 4.69) is 15.6 Å². The molecule has 0 aliphatic heterocycles. The molecule has 0 saturated heterocycles. The largest absolute Gasteiger partial charge is 0.495 e. The number of nitro benzene ring substituents is 1. The number of nitrogens with one attached hydrogen (secondary N) is 2. The van der Waals surface area contributed by atoms with Gasteiger partial charge in [-0.2, -0.15) is 0 Å². The van der Waals surface area contributed by atoms with E-state index in [4.69, 9.17) is 4.74 Å². The fraction of sp³-hybridized carbons (Fsp3) is 0.0909. The Balaban J connectivity index is 2.16. The molecule has 0 spiro atoms. The van der Waals surface area contributed by atoms with Crippen LogP contribution < -0.4 is 15.4 Å². The molecule has 2 amide bonds. The zero-order valence-electron chi connectivity index (χ0n) is 10.3. The standard InChI is InChI=1S/C11H10N4O4S/c1-19-9-3-2-7(15(17)18)6-8(9)13-10(16)14-11-12-4-5-20-11/h2-6H,1H3,(H2,12,13,14,16). The average Bonchev–Trinajstić information content (AvgIpc) is 2.91. The van der Waals surface area contributed by atoms with Crippen molar-refractivity contribution in [3.8, 4) is 5.75 Å². The number of anilines is 2. The SMILES string of the molecule is COc1ccc([N+](=O)[O-])cc1NC(=O)Nc1nccs1. The maximum atomic E-state index is 11.7. The van der Waals surface area contributed by atoms with Crippen LogP contribution in [0.25, 0.3) is 0 Å². The molecule has 8 nitrogen and oxygen atoms in total. The van der Waals surface area contributed by atoms with Crippen molar-refractivity contribution < 1.29 is 14.5 Å². The number of nitro groups is 1. The highest BCUT2D eigenvalue weighted by molar-refractivity contribution is 7.13. The molecule has 1 aromatic heterocycles. The molecule has 2 rings (SSSR count). The van der Waals surface area contributed by atoms with Crippen LogP contribution in [0.2, 0.25) is 0 Å². The van der Waals surface area contributed by atoms with Crippen molar-refractivity contribution in [3.63, 3.8) is 0 Å². The highest BCUT2D eigenvalue weighted by Crippen LogP contribution is 2.29. The first-order valence-electron chi connectivity index (χ1n) is 5.40. The molecule has 0 atom stereocenters. The number of hydrogen-bond acceptors (Lipinski definition) is 6. The van der Waals surface area contributed by atoms with Crippen LogP contribution in [0.4, 0.5) is 21.3 Å². The van der Waals surface area contributed by atoms with Gasteiger partial charge < -0.3 is 10.1 Å². The molecule has 2 aromatic rings. The van der Waals surface area contributed by atoms with Crippen LogP contribution in [0.15, 0.2) is 29.8 Å². The summed E-state index contributed by atoms with van der Waals surface area (Å²) in [5, 5.41) is 17.8. The van der Waals surface area contributed by atoms with Crippen molar-refractivity contribution in [1.82, 2.24) is 4.98 Å². The number of non-ortho nitro benzene ring substituents is 1. The summed E-state index contributed by atoms with van der Waals surface area (Å²) in [6.07, 6.45) is 1.55. The molecule has 0 aliphatic carbocycles. The number of aromatic nitrogens is 1. The van der Waals surface area contributed by atoms with E-state index in [0.29, 0.717) is 10.9 Å². The monoisotopic (exact) mass is 294 g/mol. The van der Waals surface area contributed by atoms with E-state index in [0.717, 1.165) is 0 Å². The lowest BCUT2D eigenvalue weighted by Gasteiger charge is -2.09. The first-order valence-corrected chi connectivity index (χ1v) is 6.28. The third kappa shape index (κ3) is 3.20. The van der Waals surface area contributed by atoms with Gasteiger partial charge in [-0.25, -0.2) is 9.78 Å². The number of carbonyl (C=O) groups is 1. The van der Waals surface area contributed by atoms with Gasteiger partial charge in [-0.05, 0) is 6.07 Å². The highest BCUT2D eigenvalue weighted by atomic mass is 32.1. The third-order valence-corrected chi connectivity index (χ3v) is 2.98. The molecular weight excluding hydrogens is 284 g/mol. The Hall–Kier alpha value is -2.68. The predicted molar refractivity (Wildman–Crippen MR) is 74.4 cm³/mol. The van der Waals surface area contributed by atoms with Crippen LogP contribution in [0.5, 0.6) is 5.75 Å². The number of hydrogen-bond donors (Lipinski definition) is 2. The number of methoxy groups -OCH3 is 1. The summed E-state index contributed by atoms with van der Waals surface area (Å²) < 4.78 is 5.04. The Morgan fingerprint density at radius 1 is 1.45 bits per heavy atom. The van der Waals surface area contributed by atoms with Crippen LogP contribution in [-0.2, 0) is 0 Å². The number of thiazole rings is 1. The second-order valence-electron chi connectivity index (χ2n) is 3.56. The fourth-order valence-corrected chi connectivity index (χ4v) is 1.97. The van der Waals surface area contributed by atoms with Gasteiger partial charge in [0.25, 0.3) is 5.69 Å².